The van der Waals surface area contributed by atoms with Gasteiger partial charge in [-0.25, -0.2) is 13.2 Å². The average Bonchev–Trinajstić information content (AvgIpc) is 2.67. The van der Waals surface area contributed by atoms with Crippen molar-refractivity contribution in [1.82, 2.24) is 15.5 Å². The van der Waals surface area contributed by atoms with Crippen molar-refractivity contribution in [2.75, 3.05) is 31.6 Å². The molecule has 0 aromatic heterocycles. The van der Waals surface area contributed by atoms with E-state index in [9.17, 15) is 23.1 Å². The number of hydrogen-bond acceptors (Lipinski definition) is 5. The van der Waals surface area contributed by atoms with E-state index in [0.29, 0.717) is 24.5 Å². The minimum atomic E-state index is -3.20. The lowest BCUT2D eigenvalue weighted by Gasteiger charge is -2.51. The standard InChI is InChI=1S/C22H34ClN3O5S/c1-15(2)18(25-20(28)24-11-13-32(5,30)31)19(27)26-12-10-22(29,21(3,4)14-26)16-6-8-17(23)9-7-16/h6-9,15,18,29H,10-14H2,1-5H3,(H2,24,25,28)/t18-,22+/m1/s1. The molecular weight excluding hydrogens is 454 g/mol. The lowest BCUT2D eigenvalue weighted by molar-refractivity contribution is -0.155. The van der Waals surface area contributed by atoms with Crippen molar-refractivity contribution < 1.29 is 23.1 Å². The molecule has 1 heterocycles. The van der Waals surface area contributed by atoms with Crippen LogP contribution >= 0.6 is 11.6 Å². The smallest absolute Gasteiger partial charge is 0.315 e. The largest absolute Gasteiger partial charge is 0.384 e. The van der Waals surface area contributed by atoms with E-state index in [-0.39, 0.29) is 24.1 Å². The number of urea groups is 1. The summed E-state index contributed by atoms with van der Waals surface area (Å²) in [5.41, 5.74) is -1.02. The highest BCUT2D eigenvalue weighted by atomic mass is 35.5. The molecule has 2 rings (SSSR count). The number of aliphatic hydroxyl groups is 1. The van der Waals surface area contributed by atoms with Crippen molar-refractivity contribution in [2.24, 2.45) is 11.3 Å². The number of nitrogens with one attached hydrogen (secondary N) is 2. The highest BCUT2D eigenvalue weighted by Gasteiger charge is 2.50. The Morgan fingerprint density at radius 3 is 2.31 bits per heavy atom. The Hall–Kier alpha value is -1.84. The average molecular weight is 488 g/mol. The van der Waals surface area contributed by atoms with Crippen molar-refractivity contribution in [3.05, 3.63) is 34.9 Å². The minimum Gasteiger partial charge on any atom is -0.384 e. The normalized spacial score (nSPS) is 21.8. The fourth-order valence-electron chi connectivity index (χ4n) is 4.02. The monoisotopic (exact) mass is 487 g/mol. The number of nitrogens with zero attached hydrogens (tertiary/aromatic N) is 1. The number of carbonyl (C=O) groups excluding carboxylic acids is 2. The molecule has 10 heteroatoms. The zero-order chi connectivity index (χ0) is 24.3. The van der Waals surface area contributed by atoms with E-state index < -0.39 is 32.9 Å². The number of carbonyl (C=O) groups is 2. The first kappa shape index (κ1) is 26.4. The lowest BCUT2D eigenvalue weighted by Crippen LogP contribution is -2.61. The molecule has 1 aromatic carbocycles. The Balaban J connectivity index is 2.09. The molecule has 3 amide bonds. The molecule has 0 bridgehead atoms. The molecule has 0 unspecified atom stereocenters. The number of halogens is 1. The van der Waals surface area contributed by atoms with Crippen LogP contribution < -0.4 is 10.6 Å². The molecule has 1 saturated heterocycles. The van der Waals surface area contributed by atoms with Crippen LogP contribution in [0.15, 0.2) is 24.3 Å². The van der Waals surface area contributed by atoms with E-state index >= 15 is 0 Å². The van der Waals surface area contributed by atoms with Crippen LogP contribution in [-0.4, -0.2) is 68.0 Å². The Morgan fingerprint density at radius 1 is 1.22 bits per heavy atom. The molecule has 0 aliphatic carbocycles. The van der Waals surface area contributed by atoms with Gasteiger partial charge in [-0.05, 0) is 30.0 Å². The fraction of sp³-hybridized carbons (Fsp3) is 0.636. The third-order valence-corrected chi connectivity index (χ3v) is 7.26. The summed E-state index contributed by atoms with van der Waals surface area (Å²) in [7, 11) is -3.20. The number of benzene rings is 1. The highest BCUT2D eigenvalue weighted by Crippen LogP contribution is 2.46. The van der Waals surface area contributed by atoms with Gasteiger partial charge in [-0.1, -0.05) is 51.4 Å². The molecule has 3 N–H and O–H groups in total. The van der Waals surface area contributed by atoms with Crippen LogP contribution in [0.3, 0.4) is 0 Å². The molecule has 1 fully saturated rings. The minimum absolute atomic E-state index is 0.0332. The number of rotatable bonds is 7. The molecule has 1 aliphatic heterocycles. The van der Waals surface area contributed by atoms with Gasteiger partial charge >= 0.3 is 6.03 Å². The molecule has 0 radical (unpaired) electrons. The molecule has 32 heavy (non-hydrogen) atoms. The Labute approximate surface area is 195 Å². The number of piperidine rings is 1. The molecular formula is C22H34ClN3O5S. The number of amides is 3. The van der Waals surface area contributed by atoms with Gasteiger partial charge in [-0.2, -0.15) is 0 Å². The fourth-order valence-corrected chi connectivity index (χ4v) is 4.62. The van der Waals surface area contributed by atoms with Gasteiger partial charge in [0.2, 0.25) is 5.91 Å². The third kappa shape index (κ3) is 6.36. The second-order valence-corrected chi connectivity index (χ2v) is 12.2. The number of sulfone groups is 1. The molecule has 8 nitrogen and oxygen atoms in total. The topological polar surface area (TPSA) is 116 Å². The molecule has 2 atom stereocenters. The van der Waals surface area contributed by atoms with Crippen LogP contribution in [-0.2, 0) is 20.2 Å². The van der Waals surface area contributed by atoms with Crippen LogP contribution in [0, 0.1) is 11.3 Å². The van der Waals surface area contributed by atoms with Crippen molar-refractivity contribution in [2.45, 2.75) is 45.8 Å². The van der Waals surface area contributed by atoms with Gasteiger partial charge < -0.3 is 20.6 Å². The molecule has 0 spiro atoms. The first-order valence-corrected chi connectivity index (χ1v) is 13.1. The van der Waals surface area contributed by atoms with Gasteiger partial charge in [0.15, 0.2) is 0 Å². The van der Waals surface area contributed by atoms with E-state index in [0.717, 1.165) is 11.8 Å². The van der Waals surface area contributed by atoms with Crippen LogP contribution in [0.25, 0.3) is 0 Å². The summed E-state index contributed by atoms with van der Waals surface area (Å²) < 4.78 is 22.5. The van der Waals surface area contributed by atoms with Crippen molar-refractivity contribution >= 4 is 33.4 Å². The Bertz CT molecular complexity index is 933. The second kappa shape index (κ2) is 9.97. The van der Waals surface area contributed by atoms with Gasteiger partial charge in [-0.15, -0.1) is 0 Å². The van der Waals surface area contributed by atoms with E-state index in [1.807, 2.05) is 27.7 Å². The summed E-state index contributed by atoms with van der Waals surface area (Å²) in [5.74, 6) is -0.586. The van der Waals surface area contributed by atoms with Crippen LogP contribution in [0.1, 0.15) is 39.7 Å². The van der Waals surface area contributed by atoms with Gasteiger partial charge in [0, 0.05) is 36.3 Å². The predicted octanol–water partition coefficient (Wildman–Crippen LogP) is 2.15. The van der Waals surface area contributed by atoms with Gasteiger partial charge in [-0.3, -0.25) is 4.79 Å². The lowest BCUT2D eigenvalue weighted by atomic mass is 9.66. The summed E-state index contributed by atoms with van der Waals surface area (Å²) in [6, 6.07) is 5.73. The van der Waals surface area contributed by atoms with E-state index in [1.165, 1.54) is 0 Å². The molecule has 180 valence electrons. The maximum atomic E-state index is 13.3. The van der Waals surface area contributed by atoms with Gasteiger partial charge in [0.05, 0.1) is 11.4 Å². The summed E-state index contributed by atoms with van der Waals surface area (Å²) in [4.78, 5) is 27.2. The summed E-state index contributed by atoms with van der Waals surface area (Å²) in [6.45, 7) is 8.10. The molecule has 1 aliphatic rings. The zero-order valence-electron chi connectivity index (χ0n) is 19.3. The van der Waals surface area contributed by atoms with Crippen LogP contribution in [0.4, 0.5) is 4.79 Å². The van der Waals surface area contributed by atoms with Crippen molar-refractivity contribution in [1.29, 1.82) is 0 Å². The Morgan fingerprint density at radius 2 is 1.81 bits per heavy atom. The number of hydrogen-bond donors (Lipinski definition) is 3. The van der Waals surface area contributed by atoms with E-state index in [2.05, 4.69) is 10.6 Å². The summed E-state index contributed by atoms with van der Waals surface area (Å²) in [6.07, 6.45) is 1.44. The van der Waals surface area contributed by atoms with Crippen LogP contribution in [0.5, 0.6) is 0 Å². The van der Waals surface area contributed by atoms with E-state index in [1.54, 1.807) is 29.2 Å². The first-order chi connectivity index (χ1) is 14.7. The predicted molar refractivity (Wildman–Crippen MR) is 125 cm³/mol. The Kier molecular flexibility index (Phi) is 8.23. The first-order valence-electron chi connectivity index (χ1n) is 10.7. The molecule has 0 saturated carbocycles. The zero-order valence-corrected chi connectivity index (χ0v) is 20.9. The number of likely N-dealkylation sites (tertiary alicyclic amines) is 1. The highest BCUT2D eigenvalue weighted by molar-refractivity contribution is 7.90. The van der Waals surface area contributed by atoms with Gasteiger partial charge in [0.25, 0.3) is 0 Å². The molecule has 1 aromatic rings. The summed E-state index contributed by atoms with van der Waals surface area (Å²) in [5, 5.41) is 17.3. The van der Waals surface area contributed by atoms with E-state index in [4.69, 9.17) is 11.6 Å². The second-order valence-electron chi connectivity index (χ2n) is 9.51. The maximum Gasteiger partial charge on any atom is 0.315 e. The SMILES string of the molecule is CC(C)[C@@H](NC(=O)NCCS(C)(=O)=O)C(=O)N1CC[C@](O)(c2ccc(Cl)cc2)C(C)(C)C1. The van der Waals surface area contributed by atoms with Crippen molar-refractivity contribution in [3.8, 4) is 0 Å². The third-order valence-electron chi connectivity index (χ3n) is 6.06. The van der Waals surface area contributed by atoms with Crippen molar-refractivity contribution in [3.63, 3.8) is 0 Å². The van der Waals surface area contributed by atoms with Gasteiger partial charge in [0.1, 0.15) is 15.9 Å². The maximum absolute atomic E-state index is 13.3. The quantitative estimate of drug-likeness (QED) is 0.545. The van der Waals surface area contributed by atoms with Crippen LogP contribution in [0.2, 0.25) is 5.02 Å². The summed E-state index contributed by atoms with van der Waals surface area (Å²) >= 11 is 5.99.